The number of fused-ring (bicyclic) bond motifs is 2. The van der Waals surface area contributed by atoms with Gasteiger partial charge in [-0.25, -0.2) is 4.98 Å². The lowest BCUT2D eigenvalue weighted by atomic mass is 10.1. The van der Waals surface area contributed by atoms with Crippen LogP contribution in [0.3, 0.4) is 0 Å². The fourth-order valence-corrected chi connectivity index (χ4v) is 2.98. The first-order chi connectivity index (χ1) is 11.6. The summed E-state index contributed by atoms with van der Waals surface area (Å²) in [6.07, 6.45) is 2.97. The molecule has 5 heteroatoms. The number of pyridine rings is 1. The number of aromatic nitrogens is 1. The summed E-state index contributed by atoms with van der Waals surface area (Å²) in [5.41, 5.74) is 1.35. The summed E-state index contributed by atoms with van der Waals surface area (Å²) in [5.74, 6) is 1.48. The molecule has 4 nitrogen and oxygen atoms in total. The third-order valence-corrected chi connectivity index (χ3v) is 4.19. The maximum Gasteiger partial charge on any atom is 0.131 e. The van der Waals surface area contributed by atoms with E-state index in [1.807, 2.05) is 42.6 Å². The summed E-state index contributed by atoms with van der Waals surface area (Å²) in [5, 5.41) is 18.4. The van der Waals surface area contributed by atoms with Crippen LogP contribution in [0.5, 0.6) is 5.75 Å². The molecule has 0 fully saturated rings. The van der Waals surface area contributed by atoms with Gasteiger partial charge in [0, 0.05) is 36.8 Å². The van der Waals surface area contributed by atoms with Crippen LogP contribution in [0.1, 0.15) is 5.56 Å². The zero-order chi connectivity index (χ0) is 17.5. The standard InChI is InChI=1S/C10H8O.C8H9BrN2.CH4O/c11-10-7-3-5-8-4-1-2-6-9(8)10;1-11-3-2-6-4-7(9)5-10-8(6)11;1-2/h1-7,11H;4-5H,2-3H2,1H3;2H,1H3. The molecule has 4 rings (SSSR count). The van der Waals surface area contributed by atoms with Crippen molar-refractivity contribution in [3.8, 4) is 5.75 Å². The fraction of sp³-hybridized carbons (Fsp3) is 0.211. The number of nitrogens with zero attached hydrogens (tertiary/aromatic N) is 2. The monoisotopic (exact) mass is 388 g/mol. The van der Waals surface area contributed by atoms with Crippen LogP contribution in [-0.4, -0.2) is 35.9 Å². The number of halogens is 1. The second-order valence-corrected chi connectivity index (χ2v) is 6.22. The maximum absolute atomic E-state index is 9.37. The molecule has 126 valence electrons. The number of hydrogen-bond donors (Lipinski definition) is 2. The molecule has 3 aromatic rings. The van der Waals surface area contributed by atoms with Crippen LogP contribution < -0.4 is 4.90 Å². The first-order valence-corrected chi connectivity index (χ1v) is 8.41. The van der Waals surface area contributed by atoms with Gasteiger partial charge < -0.3 is 15.1 Å². The number of phenols is 1. The third-order valence-electron chi connectivity index (χ3n) is 3.75. The number of phenolic OH excluding ortho intramolecular Hbond substituents is 1. The van der Waals surface area contributed by atoms with E-state index >= 15 is 0 Å². The summed E-state index contributed by atoms with van der Waals surface area (Å²) >= 11 is 3.40. The Bertz CT molecular complexity index is 803. The minimum absolute atomic E-state index is 0.350. The predicted octanol–water partition coefficient (Wildman–Crippen LogP) is 3.99. The molecule has 0 amide bonds. The van der Waals surface area contributed by atoms with Crippen molar-refractivity contribution < 1.29 is 10.2 Å². The highest BCUT2D eigenvalue weighted by atomic mass is 79.9. The van der Waals surface area contributed by atoms with Crippen LogP contribution in [0.2, 0.25) is 0 Å². The van der Waals surface area contributed by atoms with Gasteiger partial charge in [0.15, 0.2) is 0 Å². The second kappa shape index (κ2) is 8.66. The molecule has 24 heavy (non-hydrogen) atoms. The van der Waals surface area contributed by atoms with E-state index in [0.717, 1.165) is 41.1 Å². The van der Waals surface area contributed by atoms with E-state index in [1.54, 1.807) is 6.07 Å². The molecule has 1 aromatic heterocycles. The molecule has 0 unspecified atom stereocenters. The third kappa shape index (κ3) is 4.24. The van der Waals surface area contributed by atoms with Gasteiger partial charge in [-0.2, -0.15) is 0 Å². The second-order valence-electron chi connectivity index (χ2n) is 5.31. The van der Waals surface area contributed by atoms with Gasteiger partial charge in [0.25, 0.3) is 0 Å². The van der Waals surface area contributed by atoms with Gasteiger partial charge in [0.2, 0.25) is 0 Å². The minimum atomic E-state index is 0.350. The van der Waals surface area contributed by atoms with Crippen molar-refractivity contribution in [3.05, 3.63) is 64.8 Å². The summed E-state index contributed by atoms with van der Waals surface area (Å²) in [6, 6.07) is 15.4. The van der Waals surface area contributed by atoms with Crippen molar-refractivity contribution >= 4 is 32.5 Å². The maximum atomic E-state index is 9.37. The number of aliphatic hydroxyl groups excluding tert-OH is 1. The van der Waals surface area contributed by atoms with E-state index in [4.69, 9.17) is 5.11 Å². The molecule has 0 saturated heterocycles. The predicted molar refractivity (Wildman–Crippen MR) is 103 cm³/mol. The van der Waals surface area contributed by atoms with Crippen LogP contribution in [0.15, 0.2) is 59.2 Å². The normalized spacial score (nSPS) is 11.9. The Labute approximate surface area is 150 Å². The Balaban J connectivity index is 0.000000158. The van der Waals surface area contributed by atoms with E-state index in [1.165, 1.54) is 5.56 Å². The lowest BCUT2D eigenvalue weighted by Crippen LogP contribution is -2.13. The molecular formula is C19H21BrN2O2. The van der Waals surface area contributed by atoms with Crippen LogP contribution in [0.4, 0.5) is 5.82 Å². The number of anilines is 1. The highest BCUT2D eigenvalue weighted by molar-refractivity contribution is 9.10. The van der Waals surface area contributed by atoms with E-state index in [2.05, 4.69) is 38.9 Å². The van der Waals surface area contributed by atoms with Gasteiger partial charge in [0.1, 0.15) is 11.6 Å². The molecule has 0 radical (unpaired) electrons. The quantitative estimate of drug-likeness (QED) is 0.611. The Morgan fingerprint density at radius 3 is 2.54 bits per heavy atom. The first kappa shape index (κ1) is 18.2. The van der Waals surface area contributed by atoms with Gasteiger partial charge in [-0.1, -0.05) is 36.4 Å². The molecule has 2 aromatic carbocycles. The van der Waals surface area contributed by atoms with E-state index in [0.29, 0.717) is 5.75 Å². The lowest BCUT2D eigenvalue weighted by molar-refractivity contribution is 0.399. The SMILES string of the molecule is CN1CCc2cc(Br)cnc21.CO.Oc1cccc2ccccc12. The van der Waals surface area contributed by atoms with Crippen molar-refractivity contribution in [2.24, 2.45) is 0 Å². The zero-order valence-electron chi connectivity index (χ0n) is 13.8. The summed E-state index contributed by atoms with van der Waals surface area (Å²) in [6.45, 7) is 1.10. The van der Waals surface area contributed by atoms with E-state index in [9.17, 15) is 5.11 Å². The van der Waals surface area contributed by atoms with Crippen LogP contribution in [0.25, 0.3) is 10.8 Å². The molecule has 0 aliphatic carbocycles. The fourth-order valence-electron chi connectivity index (χ4n) is 2.60. The summed E-state index contributed by atoms with van der Waals surface area (Å²) in [4.78, 5) is 6.50. The van der Waals surface area contributed by atoms with Gasteiger partial charge in [-0.15, -0.1) is 0 Å². The Morgan fingerprint density at radius 2 is 1.79 bits per heavy atom. The topological polar surface area (TPSA) is 56.6 Å². The van der Waals surface area contributed by atoms with Crippen LogP contribution in [0, 0.1) is 0 Å². The molecule has 0 saturated carbocycles. The van der Waals surface area contributed by atoms with Crippen molar-refractivity contribution in [1.82, 2.24) is 4.98 Å². The largest absolute Gasteiger partial charge is 0.507 e. The van der Waals surface area contributed by atoms with Gasteiger partial charge >= 0.3 is 0 Å². The summed E-state index contributed by atoms with van der Waals surface area (Å²) < 4.78 is 1.08. The number of aliphatic hydroxyl groups is 1. The number of aromatic hydroxyl groups is 1. The minimum Gasteiger partial charge on any atom is -0.507 e. The molecular weight excluding hydrogens is 368 g/mol. The number of hydrogen-bond acceptors (Lipinski definition) is 4. The Kier molecular flexibility index (Phi) is 6.58. The Morgan fingerprint density at radius 1 is 1.08 bits per heavy atom. The Hall–Kier alpha value is -2.11. The molecule has 1 aliphatic heterocycles. The van der Waals surface area contributed by atoms with Gasteiger partial charge in [-0.05, 0) is 45.4 Å². The zero-order valence-corrected chi connectivity index (χ0v) is 15.4. The molecule has 2 heterocycles. The summed E-state index contributed by atoms with van der Waals surface area (Å²) in [7, 11) is 3.08. The van der Waals surface area contributed by atoms with Crippen molar-refractivity contribution in [3.63, 3.8) is 0 Å². The number of rotatable bonds is 0. The number of benzene rings is 2. The van der Waals surface area contributed by atoms with Crippen molar-refractivity contribution in [2.75, 3.05) is 25.6 Å². The highest BCUT2D eigenvalue weighted by Gasteiger charge is 2.16. The van der Waals surface area contributed by atoms with Crippen LogP contribution >= 0.6 is 15.9 Å². The smallest absolute Gasteiger partial charge is 0.131 e. The van der Waals surface area contributed by atoms with E-state index < -0.39 is 0 Å². The lowest BCUT2D eigenvalue weighted by Gasteiger charge is -2.09. The number of likely N-dealkylation sites (N-methyl/N-ethyl adjacent to an activating group) is 1. The van der Waals surface area contributed by atoms with Gasteiger partial charge in [-0.3, -0.25) is 0 Å². The average molecular weight is 389 g/mol. The van der Waals surface area contributed by atoms with Gasteiger partial charge in [0.05, 0.1) is 0 Å². The molecule has 1 aliphatic rings. The highest BCUT2D eigenvalue weighted by Crippen LogP contribution is 2.26. The van der Waals surface area contributed by atoms with Crippen LogP contribution in [-0.2, 0) is 6.42 Å². The first-order valence-electron chi connectivity index (χ1n) is 7.62. The van der Waals surface area contributed by atoms with Crippen molar-refractivity contribution in [1.29, 1.82) is 0 Å². The molecule has 2 N–H and O–H groups in total. The average Bonchev–Trinajstić information content (AvgIpc) is 2.98. The molecule has 0 atom stereocenters. The molecule has 0 bridgehead atoms. The molecule has 0 spiro atoms. The van der Waals surface area contributed by atoms with Crippen molar-refractivity contribution in [2.45, 2.75) is 6.42 Å². The van der Waals surface area contributed by atoms with E-state index in [-0.39, 0.29) is 0 Å².